The van der Waals surface area contributed by atoms with Crippen molar-refractivity contribution in [2.45, 2.75) is 33.6 Å². The molecule has 0 spiro atoms. The van der Waals surface area contributed by atoms with Crippen molar-refractivity contribution in [1.82, 2.24) is 0 Å². The number of benzene rings is 1. The van der Waals surface area contributed by atoms with Crippen molar-refractivity contribution in [3.63, 3.8) is 0 Å². The minimum atomic E-state index is -0.133. The fraction of sp³-hybridized carbons (Fsp3) is 0.438. The molecule has 0 radical (unpaired) electrons. The summed E-state index contributed by atoms with van der Waals surface area (Å²) in [7, 11) is 0. The SMILES string of the molecule is C=C(C)C(=O)Nc1ccc(N(CCC)CCC)cc1. The van der Waals surface area contributed by atoms with Gasteiger partial charge < -0.3 is 10.2 Å². The maximum absolute atomic E-state index is 11.5. The summed E-state index contributed by atoms with van der Waals surface area (Å²) in [6, 6.07) is 7.99. The first kappa shape index (κ1) is 15.3. The Labute approximate surface area is 116 Å². The molecule has 0 aromatic heterocycles. The number of nitrogens with zero attached hydrogens (tertiary/aromatic N) is 1. The van der Waals surface area contributed by atoms with Gasteiger partial charge in [0.2, 0.25) is 0 Å². The van der Waals surface area contributed by atoms with Crippen molar-refractivity contribution in [3.05, 3.63) is 36.4 Å². The fourth-order valence-corrected chi connectivity index (χ4v) is 1.90. The highest BCUT2D eigenvalue weighted by molar-refractivity contribution is 6.02. The molecule has 0 aliphatic carbocycles. The van der Waals surface area contributed by atoms with Gasteiger partial charge in [0.25, 0.3) is 5.91 Å². The minimum absolute atomic E-state index is 0.133. The number of rotatable bonds is 7. The first-order valence-electron chi connectivity index (χ1n) is 6.90. The van der Waals surface area contributed by atoms with E-state index in [1.807, 2.05) is 12.1 Å². The lowest BCUT2D eigenvalue weighted by Gasteiger charge is -2.24. The molecule has 0 aliphatic rings. The summed E-state index contributed by atoms with van der Waals surface area (Å²) in [5.41, 5.74) is 2.53. The van der Waals surface area contributed by atoms with Gasteiger partial charge in [-0.25, -0.2) is 0 Å². The Balaban J connectivity index is 2.73. The molecule has 0 unspecified atom stereocenters. The molecule has 0 bridgehead atoms. The Morgan fingerprint density at radius 3 is 2.11 bits per heavy atom. The number of amides is 1. The Kier molecular flexibility index (Phi) is 6.13. The van der Waals surface area contributed by atoms with Gasteiger partial charge in [0.05, 0.1) is 0 Å². The second kappa shape index (κ2) is 7.62. The molecule has 1 aromatic rings. The van der Waals surface area contributed by atoms with Crippen molar-refractivity contribution in [2.24, 2.45) is 0 Å². The van der Waals surface area contributed by atoms with Crippen molar-refractivity contribution in [2.75, 3.05) is 23.3 Å². The minimum Gasteiger partial charge on any atom is -0.372 e. The van der Waals surface area contributed by atoms with Crippen molar-refractivity contribution >= 4 is 17.3 Å². The van der Waals surface area contributed by atoms with E-state index in [-0.39, 0.29) is 5.91 Å². The Bertz CT molecular complexity index is 417. The standard InChI is InChI=1S/C16H24N2O/c1-5-11-18(12-6-2)15-9-7-14(8-10-15)17-16(19)13(3)4/h7-10H,3,5-6,11-12H2,1-2,4H3,(H,17,19). The van der Waals surface area contributed by atoms with Gasteiger partial charge in [-0.1, -0.05) is 20.4 Å². The van der Waals surface area contributed by atoms with Crippen LogP contribution in [0.3, 0.4) is 0 Å². The van der Waals surface area contributed by atoms with Gasteiger partial charge in [-0.2, -0.15) is 0 Å². The third-order valence-corrected chi connectivity index (χ3v) is 2.86. The van der Waals surface area contributed by atoms with E-state index in [2.05, 4.69) is 42.8 Å². The third kappa shape index (κ3) is 4.78. The van der Waals surface area contributed by atoms with E-state index in [4.69, 9.17) is 0 Å². The molecule has 104 valence electrons. The van der Waals surface area contributed by atoms with Gasteiger partial charge in [0, 0.05) is 30.0 Å². The van der Waals surface area contributed by atoms with E-state index in [1.165, 1.54) is 5.69 Å². The molecule has 3 nitrogen and oxygen atoms in total. The molecule has 1 aromatic carbocycles. The molecule has 1 N–H and O–H groups in total. The van der Waals surface area contributed by atoms with Gasteiger partial charge in [-0.15, -0.1) is 0 Å². The lowest BCUT2D eigenvalue weighted by molar-refractivity contribution is -0.112. The summed E-state index contributed by atoms with van der Waals surface area (Å²) in [6.45, 7) is 11.8. The van der Waals surface area contributed by atoms with Gasteiger partial charge in [-0.3, -0.25) is 4.79 Å². The van der Waals surface area contributed by atoms with E-state index in [1.54, 1.807) is 6.92 Å². The van der Waals surface area contributed by atoms with Crippen molar-refractivity contribution < 1.29 is 4.79 Å². The van der Waals surface area contributed by atoms with Crippen LogP contribution in [-0.2, 0) is 4.79 Å². The van der Waals surface area contributed by atoms with Gasteiger partial charge in [-0.05, 0) is 44.0 Å². The van der Waals surface area contributed by atoms with Crippen LogP contribution < -0.4 is 10.2 Å². The van der Waals surface area contributed by atoms with Crippen LogP contribution >= 0.6 is 0 Å². The number of carbonyl (C=O) groups excluding carboxylic acids is 1. The average Bonchev–Trinajstić information content (AvgIpc) is 2.39. The van der Waals surface area contributed by atoms with Crippen LogP contribution in [0.15, 0.2) is 36.4 Å². The number of hydrogen-bond acceptors (Lipinski definition) is 2. The second-order valence-electron chi connectivity index (χ2n) is 4.77. The zero-order chi connectivity index (χ0) is 14.3. The van der Waals surface area contributed by atoms with Crippen molar-refractivity contribution in [3.8, 4) is 0 Å². The first-order chi connectivity index (χ1) is 9.08. The zero-order valence-corrected chi connectivity index (χ0v) is 12.2. The normalized spacial score (nSPS) is 10.1. The van der Waals surface area contributed by atoms with E-state index in [0.717, 1.165) is 31.6 Å². The average molecular weight is 260 g/mol. The summed E-state index contributed by atoms with van der Waals surface area (Å²) in [4.78, 5) is 13.9. The van der Waals surface area contributed by atoms with Crippen molar-refractivity contribution in [1.29, 1.82) is 0 Å². The smallest absolute Gasteiger partial charge is 0.250 e. The molecule has 0 fully saturated rings. The van der Waals surface area contributed by atoms with Crippen LogP contribution in [0.1, 0.15) is 33.6 Å². The van der Waals surface area contributed by atoms with Crippen LogP contribution in [-0.4, -0.2) is 19.0 Å². The summed E-state index contributed by atoms with van der Waals surface area (Å²) < 4.78 is 0. The summed E-state index contributed by atoms with van der Waals surface area (Å²) in [5.74, 6) is -0.133. The van der Waals surface area contributed by atoms with E-state index < -0.39 is 0 Å². The van der Waals surface area contributed by atoms with E-state index in [9.17, 15) is 4.79 Å². The molecule has 0 aliphatic heterocycles. The predicted octanol–water partition coefficient (Wildman–Crippen LogP) is 3.83. The zero-order valence-electron chi connectivity index (χ0n) is 12.2. The Morgan fingerprint density at radius 1 is 1.16 bits per heavy atom. The van der Waals surface area contributed by atoms with Gasteiger partial charge in [0.1, 0.15) is 0 Å². The highest BCUT2D eigenvalue weighted by Crippen LogP contribution is 2.19. The first-order valence-corrected chi connectivity index (χ1v) is 6.90. The maximum atomic E-state index is 11.5. The van der Waals surface area contributed by atoms with Crippen LogP contribution in [0.5, 0.6) is 0 Å². The molecule has 3 heteroatoms. The molecule has 0 atom stereocenters. The molecular formula is C16H24N2O. The number of nitrogens with one attached hydrogen (secondary N) is 1. The lowest BCUT2D eigenvalue weighted by Crippen LogP contribution is -2.24. The third-order valence-electron chi connectivity index (χ3n) is 2.86. The number of anilines is 2. The van der Waals surface area contributed by atoms with E-state index in [0.29, 0.717) is 5.57 Å². The Hall–Kier alpha value is -1.77. The highest BCUT2D eigenvalue weighted by atomic mass is 16.1. The second-order valence-corrected chi connectivity index (χ2v) is 4.77. The Morgan fingerprint density at radius 2 is 1.68 bits per heavy atom. The summed E-state index contributed by atoms with van der Waals surface area (Å²) in [6.07, 6.45) is 2.27. The highest BCUT2D eigenvalue weighted by Gasteiger charge is 2.06. The predicted molar refractivity (Wildman–Crippen MR) is 82.7 cm³/mol. The number of carbonyl (C=O) groups is 1. The van der Waals surface area contributed by atoms with Crippen LogP contribution in [0.2, 0.25) is 0 Å². The number of hydrogen-bond donors (Lipinski definition) is 1. The molecule has 19 heavy (non-hydrogen) atoms. The van der Waals surface area contributed by atoms with Crippen LogP contribution in [0.4, 0.5) is 11.4 Å². The summed E-state index contributed by atoms with van der Waals surface area (Å²) >= 11 is 0. The quantitative estimate of drug-likeness (QED) is 0.756. The molecule has 1 amide bonds. The molecule has 0 saturated carbocycles. The van der Waals surface area contributed by atoms with Gasteiger partial charge in [0.15, 0.2) is 0 Å². The molecule has 0 saturated heterocycles. The molecular weight excluding hydrogens is 236 g/mol. The van der Waals surface area contributed by atoms with Crippen LogP contribution in [0, 0.1) is 0 Å². The maximum Gasteiger partial charge on any atom is 0.250 e. The molecule has 1 rings (SSSR count). The van der Waals surface area contributed by atoms with E-state index >= 15 is 0 Å². The van der Waals surface area contributed by atoms with Gasteiger partial charge >= 0.3 is 0 Å². The molecule has 0 heterocycles. The topological polar surface area (TPSA) is 32.3 Å². The fourth-order valence-electron chi connectivity index (χ4n) is 1.90. The monoisotopic (exact) mass is 260 g/mol. The lowest BCUT2D eigenvalue weighted by atomic mass is 10.2. The summed E-state index contributed by atoms with van der Waals surface area (Å²) in [5, 5.41) is 2.81. The largest absolute Gasteiger partial charge is 0.372 e. The van der Waals surface area contributed by atoms with Crippen LogP contribution in [0.25, 0.3) is 0 Å².